The van der Waals surface area contributed by atoms with E-state index in [1.54, 1.807) is 24.3 Å². The van der Waals surface area contributed by atoms with Gasteiger partial charge in [-0.25, -0.2) is 0 Å². The number of hydrogen-bond donors (Lipinski definition) is 1. The molecule has 0 fully saturated rings. The van der Waals surface area contributed by atoms with Crippen molar-refractivity contribution in [1.29, 1.82) is 0 Å². The highest BCUT2D eigenvalue weighted by Gasteiger charge is 2.30. The van der Waals surface area contributed by atoms with Gasteiger partial charge in [0.2, 0.25) is 0 Å². The Hall–Kier alpha value is -2.54. The van der Waals surface area contributed by atoms with Crippen molar-refractivity contribution in [2.24, 2.45) is 0 Å². The van der Waals surface area contributed by atoms with Crippen LogP contribution in [0.2, 0.25) is 5.02 Å². The molecule has 1 N–H and O–H groups in total. The fraction of sp³-hybridized carbons (Fsp3) is 0.222. The number of benzene rings is 2. The van der Waals surface area contributed by atoms with Crippen LogP contribution in [-0.4, -0.2) is 19.0 Å². The number of ether oxygens (including phenoxy) is 1. The zero-order chi connectivity index (χ0) is 19.3. The Labute approximate surface area is 152 Å². The molecule has 0 aromatic heterocycles. The number of methoxy groups -OCH3 is 1. The quantitative estimate of drug-likeness (QED) is 0.776. The molecule has 0 aliphatic heterocycles. The standard InChI is InChI=1S/C18H15ClF3NO3/c1-26-16(24)10-15(13-4-2-3-5-14(13)19)23-17(25)11-6-8-12(9-7-11)18(20,21)22/h2-9,15H,10H2,1H3,(H,23,25). The largest absolute Gasteiger partial charge is 0.469 e. The lowest BCUT2D eigenvalue weighted by Crippen LogP contribution is -2.30. The van der Waals surface area contributed by atoms with Gasteiger partial charge >= 0.3 is 12.1 Å². The highest BCUT2D eigenvalue weighted by molar-refractivity contribution is 6.31. The number of carbonyl (C=O) groups excluding carboxylic acids is 2. The molecule has 8 heteroatoms. The summed E-state index contributed by atoms with van der Waals surface area (Å²) in [5, 5.41) is 2.95. The fourth-order valence-electron chi connectivity index (χ4n) is 2.30. The summed E-state index contributed by atoms with van der Waals surface area (Å²) in [4.78, 5) is 24.0. The summed E-state index contributed by atoms with van der Waals surface area (Å²) in [5.74, 6) is -1.20. The molecular weight excluding hydrogens is 371 g/mol. The van der Waals surface area contributed by atoms with Crippen LogP contribution in [0.25, 0.3) is 0 Å². The SMILES string of the molecule is COC(=O)CC(NC(=O)c1ccc(C(F)(F)F)cc1)c1ccccc1Cl. The third-order valence-electron chi connectivity index (χ3n) is 3.66. The molecule has 2 aromatic rings. The molecule has 0 aliphatic carbocycles. The number of rotatable bonds is 5. The summed E-state index contributed by atoms with van der Waals surface area (Å²) in [6.07, 6.45) is -4.66. The van der Waals surface area contributed by atoms with Gasteiger partial charge in [0.15, 0.2) is 0 Å². The van der Waals surface area contributed by atoms with Gasteiger partial charge in [-0.05, 0) is 35.9 Å². The molecule has 26 heavy (non-hydrogen) atoms. The minimum atomic E-state index is -4.49. The minimum Gasteiger partial charge on any atom is -0.469 e. The summed E-state index contributed by atoms with van der Waals surface area (Å²) in [6.45, 7) is 0. The third-order valence-corrected chi connectivity index (χ3v) is 4.00. The first kappa shape index (κ1) is 19.8. The van der Waals surface area contributed by atoms with Crippen molar-refractivity contribution in [3.63, 3.8) is 0 Å². The second-order valence-corrected chi connectivity index (χ2v) is 5.81. The number of hydrogen-bond acceptors (Lipinski definition) is 3. The van der Waals surface area contributed by atoms with E-state index >= 15 is 0 Å². The lowest BCUT2D eigenvalue weighted by molar-refractivity contribution is -0.141. The monoisotopic (exact) mass is 385 g/mol. The number of alkyl halides is 3. The molecule has 0 heterocycles. The van der Waals surface area contributed by atoms with E-state index in [4.69, 9.17) is 11.6 Å². The second-order valence-electron chi connectivity index (χ2n) is 5.40. The highest BCUT2D eigenvalue weighted by atomic mass is 35.5. The maximum atomic E-state index is 12.6. The Balaban J connectivity index is 2.23. The predicted octanol–water partition coefficient (Wildman–Crippen LogP) is 4.39. The van der Waals surface area contributed by atoms with Crippen molar-refractivity contribution in [3.05, 3.63) is 70.2 Å². The van der Waals surface area contributed by atoms with Crippen molar-refractivity contribution >= 4 is 23.5 Å². The fourth-order valence-corrected chi connectivity index (χ4v) is 2.57. The van der Waals surface area contributed by atoms with Crippen LogP contribution in [0, 0.1) is 0 Å². The van der Waals surface area contributed by atoms with E-state index in [0.717, 1.165) is 24.3 Å². The lowest BCUT2D eigenvalue weighted by Gasteiger charge is -2.19. The molecule has 2 aromatic carbocycles. The van der Waals surface area contributed by atoms with Gasteiger partial charge in [-0.1, -0.05) is 29.8 Å². The molecule has 1 atom stereocenters. The second kappa shape index (κ2) is 8.23. The first-order valence-corrected chi connectivity index (χ1v) is 7.89. The van der Waals surface area contributed by atoms with E-state index in [1.165, 1.54) is 7.11 Å². The van der Waals surface area contributed by atoms with Crippen LogP contribution in [0.5, 0.6) is 0 Å². The molecule has 0 aliphatic rings. The number of nitrogens with one attached hydrogen (secondary N) is 1. The Bertz CT molecular complexity index is 791. The number of halogens is 4. The maximum absolute atomic E-state index is 12.6. The van der Waals surface area contributed by atoms with E-state index < -0.39 is 29.7 Å². The molecule has 1 unspecified atom stereocenters. The summed E-state index contributed by atoms with van der Waals surface area (Å²) >= 11 is 6.12. The van der Waals surface area contributed by atoms with Crippen molar-refractivity contribution in [2.45, 2.75) is 18.6 Å². The van der Waals surface area contributed by atoms with E-state index in [2.05, 4.69) is 10.1 Å². The van der Waals surface area contributed by atoms with Gasteiger partial charge in [0.25, 0.3) is 5.91 Å². The molecular formula is C18H15ClF3NO3. The smallest absolute Gasteiger partial charge is 0.416 e. The Morgan fingerprint density at radius 1 is 1.12 bits per heavy atom. The van der Waals surface area contributed by atoms with Gasteiger partial charge in [0, 0.05) is 10.6 Å². The molecule has 0 spiro atoms. The van der Waals surface area contributed by atoms with Crippen molar-refractivity contribution in [2.75, 3.05) is 7.11 Å². The van der Waals surface area contributed by atoms with Crippen molar-refractivity contribution in [1.82, 2.24) is 5.32 Å². The minimum absolute atomic E-state index is 0.0277. The van der Waals surface area contributed by atoms with Crippen LogP contribution in [0.4, 0.5) is 13.2 Å². The predicted molar refractivity (Wildman–Crippen MR) is 89.7 cm³/mol. The van der Waals surface area contributed by atoms with Crippen LogP contribution >= 0.6 is 11.6 Å². The molecule has 0 saturated carbocycles. The van der Waals surface area contributed by atoms with Gasteiger partial charge in [-0.2, -0.15) is 13.2 Å². The zero-order valence-electron chi connectivity index (χ0n) is 13.6. The Kier molecular flexibility index (Phi) is 6.26. The van der Waals surface area contributed by atoms with Crippen LogP contribution < -0.4 is 5.32 Å². The topological polar surface area (TPSA) is 55.4 Å². The zero-order valence-corrected chi connectivity index (χ0v) is 14.4. The Morgan fingerprint density at radius 3 is 2.27 bits per heavy atom. The maximum Gasteiger partial charge on any atom is 0.416 e. The van der Waals surface area contributed by atoms with Crippen LogP contribution in [0.1, 0.15) is 33.9 Å². The molecule has 138 valence electrons. The van der Waals surface area contributed by atoms with Crippen molar-refractivity contribution in [3.8, 4) is 0 Å². The van der Waals surface area contributed by atoms with Crippen LogP contribution in [0.15, 0.2) is 48.5 Å². The molecule has 2 rings (SSSR count). The summed E-state index contributed by atoms with van der Waals surface area (Å²) in [7, 11) is 1.21. The average molecular weight is 386 g/mol. The van der Waals surface area contributed by atoms with E-state index in [-0.39, 0.29) is 12.0 Å². The molecule has 1 amide bonds. The van der Waals surface area contributed by atoms with Crippen molar-refractivity contribution < 1.29 is 27.5 Å². The summed E-state index contributed by atoms with van der Waals surface area (Å²) in [6, 6.07) is 9.62. The molecule has 0 bridgehead atoms. The molecule has 0 saturated heterocycles. The van der Waals surface area contributed by atoms with Gasteiger partial charge in [0.1, 0.15) is 0 Å². The third kappa shape index (κ3) is 4.98. The Morgan fingerprint density at radius 2 is 1.73 bits per heavy atom. The van der Waals surface area contributed by atoms with Gasteiger partial charge < -0.3 is 10.1 Å². The normalized spacial score (nSPS) is 12.3. The van der Waals surface area contributed by atoms with Gasteiger partial charge in [0.05, 0.1) is 25.1 Å². The van der Waals surface area contributed by atoms with Gasteiger partial charge in [-0.3, -0.25) is 9.59 Å². The number of amides is 1. The van der Waals surface area contributed by atoms with Crippen LogP contribution in [0.3, 0.4) is 0 Å². The van der Waals surface area contributed by atoms with E-state index in [1.807, 2.05) is 0 Å². The first-order valence-electron chi connectivity index (χ1n) is 7.51. The van der Waals surface area contributed by atoms with E-state index in [0.29, 0.717) is 10.6 Å². The summed E-state index contributed by atoms with van der Waals surface area (Å²) in [5.41, 5.74) is -0.328. The van der Waals surface area contributed by atoms with Crippen LogP contribution in [-0.2, 0) is 15.7 Å². The summed E-state index contributed by atoms with van der Waals surface area (Å²) < 4.78 is 42.5. The number of carbonyl (C=O) groups is 2. The van der Waals surface area contributed by atoms with Gasteiger partial charge in [-0.15, -0.1) is 0 Å². The average Bonchev–Trinajstić information content (AvgIpc) is 2.60. The van der Waals surface area contributed by atoms with E-state index in [9.17, 15) is 22.8 Å². The molecule has 4 nitrogen and oxygen atoms in total. The highest BCUT2D eigenvalue weighted by Crippen LogP contribution is 2.29. The number of esters is 1. The first-order chi connectivity index (χ1) is 12.2. The lowest BCUT2D eigenvalue weighted by atomic mass is 10.0. The molecule has 0 radical (unpaired) electrons.